The van der Waals surface area contributed by atoms with Crippen molar-refractivity contribution in [2.24, 2.45) is 0 Å². The first-order chi connectivity index (χ1) is 12.7. The van der Waals surface area contributed by atoms with Crippen LogP contribution in [0, 0.1) is 0 Å². The summed E-state index contributed by atoms with van der Waals surface area (Å²) in [5, 5.41) is 3.64. The van der Waals surface area contributed by atoms with Crippen LogP contribution in [0.1, 0.15) is 25.5 Å². The van der Waals surface area contributed by atoms with Crippen LogP contribution in [0.15, 0.2) is 24.5 Å². The molecule has 1 atom stereocenters. The number of hydrogen-bond acceptors (Lipinski definition) is 7. The van der Waals surface area contributed by atoms with E-state index in [1.54, 1.807) is 19.5 Å². The molecule has 4 rings (SSSR count). The number of nitrogen functional groups attached to an aromatic ring is 1. The molecule has 0 radical (unpaired) electrons. The zero-order chi connectivity index (χ0) is 18.1. The van der Waals surface area contributed by atoms with Crippen molar-refractivity contribution in [1.82, 2.24) is 19.5 Å². The molecule has 0 aliphatic carbocycles. The molecule has 1 aliphatic heterocycles. The number of imidazole rings is 1. The van der Waals surface area contributed by atoms with Gasteiger partial charge in [0.25, 0.3) is 0 Å². The molecular formula is C17H19ClN6O2. The molecule has 0 spiro atoms. The van der Waals surface area contributed by atoms with Crippen LogP contribution in [-0.2, 0) is 4.74 Å². The van der Waals surface area contributed by atoms with Gasteiger partial charge < -0.3 is 20.5 Å². The Balaban J connectivity index is 1.75. The number of benzene rings is 1. The molecule has 9 heteroatoms. The monoisotopic (exact) mass is 374 g/mol. The van der Waals surface area contributed by atoms with Gasteiger partial charge >= 0.3 is 0 Å². The first-order valence-electron chi connectivity index (χ1n) is 8.38. The number of halogens is 1. The van der Waals surface area contributed by atoms with Gasteiger partial charge in [-0.2, -0.15) is 9.97 Å². The van der Waals surface area contributed by atoms with Gasteiger partial charge in [0.15, 0.2) is 17.0 Å². The molecule has 1 fully saturated rings. The second-order valence-corrected chi connectivity index (χ2v) is 6.40. The fraction of sp³-hybridized carbons (Fsp3) is 0.353. The highest BCUT2D eigenvalue weighted by molar-refractivity contribution is 6.34. The minimum atomic E-state index is -0.0868. The van der Waals surface area contributed by atoms with Crippen molar-refractivity contribution in [2.75, 3.05) is 24.8 Å². The molecule has 0 bridgehead atoms. The molecule has 0 saturated carbocycles. The largest absolute Gasteiger partial charge is 0.495 e. The summed E-state index contributed by atoms with van der Waals surface area (Å²) in [6.07, 6.45) is 4.72. The zero-order valence-electron chi connectivity index (χ0n) is 14.3. The Morgan fingerprint density at radius 2 is 2.23 bits per heavy atom. The number of nitrogens with zero attached hydrogens (tertiary/aromatic N) is 4. The lowest BCUT2D eigenvalue weighted by molar-refractivity contribution is -0.0298. The SMILES string of the molecule is COc1cccc(Nc2nc(N)nc3c2ncn3C2CCCCO2)c1Cl. The minimum absolute atomic E-state index is 0.0868. The molecule has 1 saturated heterocycles. The average Bonchev–Trinajstić information content (AvgIpc) is 3.08. The van der Waals surface area contributed by atoms with Gasteiger partial charge in [0.05, 0.1) is 19.1 Å². The Kier molecular flexibility index (Phi) is 4.52. The predicted octanol–water partition coefficient (Wildman–Crippen LogP) is 3.51. The summed E-state index contributed by atoms with van der Waals surface area (Å²) >= 11 is 6.37. The van der Waals surface area contributed by atoms with Crippen molar-refractivity contribution < 1.29 is 9.47 Å². The standard InChI is InChI=1S/C17H19ClN6O2/c1-25-11-6-4-5-10(13(11)18)21-15-14-16(23-17(19)22-15)24(9-20-14)12-7-2-3-8-26-12/h4-6,9,12H,2-3,7-8H2,1H3,(H3,19,21,22,23). The summed E-state index contributed by atoms with van der Waals surface area (Å²) in [5.41, 5.74) is 7.81. The number of ether oxygens (including phenoxy) is 2. The Bertz CT molecular complexity index is 938. The number of hydrogen-bond donors (Lipinski definition) is 2. The number of nitrogens with two attached hydrogens (primary N) is 1. The van der Waals surface area contributed by atoms with E-state index in [1.165, 1.54) is 0 Å². The van der Waals surface area contributed by atoms with Gasteiger partial charge in [-0.15, -0.1) is 0 Å². The van der Waals surface area contributed by atoms with Crippen LogP contribution in [-0.4, -0.2) is 33.2 Å². The highest BCUT2D eigenvalue weighted by Crippen LogP contribution is 2.35. The highest BCUT2D eigenvalue weighted by atomic mass is 35.5. The normalized spacial score (nSPS) is 17.4. The van der Waals surface area contributed by atoms with Crippen LogP contribution in [0.4, 0.5) is 17.5 Å². The maximum Gasteiger partial charge on any atom is 0.224 e. The van der Waals surface area contributed by atoms with Crippen LogP contribution in [0.3, 0.4) is 0 Å². The quantitative estimate of drug-likeness (QED) is 0.720. The van der Waals surface area contributed by atoms with Gasteiger partial charge in [-0.3, -0.25) is 4.57 Å². The van der Waals surface area contributed by atoms with Crippen LogP contribution < -0.4 is 15.8 Å². The molecule has 1 aromatic carbocycles. The summed E-state index contributed by atoms with van der Waals surface area (Å²) in [6.45, 7) is 0.732. The van der Waals surface area contributed by atoms with Crippen molar-refractivity contribution in [3.63, 3.8) is 0 Å². The van der Waals surface area contributed by atoms with E-state index in [4.69, 9.17) is 26.8 Å². The smallest absolute Gasteiger partial charge is 0.224 e. The fourth-order valence-electron chi connectivity index (χ4n) is 3.07. The maximum absolute atomic E-state index is 6.37. The fourth-order valence-corrected chi connectivity index (χ4v) is 3.32. The van der Waals surface area contributed by atoms with Gasteiger partial charge in [-0.05, 0) is 31.4 Å². The van der Waals surface area contributed by atoms with Gasteiger partial charge in [0, 0.05) is 6.61 Å². The van der Waals surface area contributed by atoms with Gasteiger partial charge in [-0.25, -0.2) is 4.98 Å². The number of aromatic nitrogens is 4. The number of anilines is 3. The van der Waals surface area contributed by atoms with Crippen molar-refractivity contribution in [1.29, 1.82) is 0 Å². The van der Waals surface area contributed by atoms with Crippen molar-refractivity contribution in [2.45, 2.75) is 25.5 Å². The zero-order valence-corrected chi connectivity index (χ0v) is 15.0. The van der Waals surface area contributed by atoms with Gasteiger partial charge in [0.1, 0.15) is 17.0 Å². The summed E-state index contributed by atoms with van der Waals surface area (Å²) in [6, 6.07) is 5.45. The third kappa shape index (κ3) is 3.02. The Labute approximate surface area is 155 Å². The van der Waals surface area contributed by atoms with Crippen LogP contribution >= 0.6 is 11.6 Å². The molecular weight excluding hydrogens is 356 g/mol. The lowest BCUT2D eigenvalue weighted by Crippen LogP contribution is -2.18. The van der Waals surface area contributed by atoms with Crippen LogP contribution in [0.25, 0.3) is 11.2 Å². The lowest BCUT2D eigenvalue weighted by Gasteiger charge is -2.23. The molecule has 2 aromatic heterocycles. The molecule has 8 nitrogen and oxygen atoms in total. The Morgan fingerprint density at radius 3 is 3.00 bits per heavy atom. The Hall–Kier alpha value is -2.58. The number of rotatable bonds is 4. The second kappa shape index (κ2) is 6.97. The van der Waals surface area contributed by atoms with Gasteiger partial charge in [-0.1, -0.05) is 17.7 Å². The van der Waals surface area contributed by atoms with E-state index < -0.39 is 0 Å². The summed E-state index contributed by atoms with van der Waals surface area (Å²) in [7, 11) is 1.57. The van der Waals surface area contributed by atoms with Gasteiger partial charge in [0.2, 0.25) is 5.95 Å². The van der Waals surface area contributed by atoms with E-state index >= 15 is 0 Å². The molecule has 26 heavy (non-hydrogen) atoms. The average molecular weight is 375 g/mol. The number of nitrogens with one attached hydrogen (secondary N) is 1. The topological polar surface area (TPSA) is 100 Å². The molecule has 3 aromatic rings. The second-order valence-electron chi connectivity index (χ2n) is 6.02. The first kappa shape index (κ1) is 16.9. The third-order valence-electron chi connectivity index (χ3n) is 4.34. The van der Waals surface area contributed by atoms with E-state index in [1.807, 2.05) is 16.7 Å². The van der Waals surface area contributed by atoms with E-state index in [0.717, 1.165) is 25.9 Å². The number of fused-ring (bicyclic) bond motifs is 1. The third-order valence-corrected chi connectivity index (χ3v) is 4.73. The minimum Gasteiger partial charge on any atom is -0.495 e. The highest BCUT2D eigenvalue weighted by Gasteiger charge is 2.21. The summed E-state index contributed by atoms with van der Waals surface area (Å²) in [4.78, 5) is 13.1. The van der Waals surface area contributed by atoms with Crippen molar-refractivity contribution in [3.05, 3.63) is 29.5 Å². The Morgan fingerprint density at radius 1 is 1.35 bits per heavy atom. The predicted molar refractivity (Wildman–Crippen MR) is 99.9 cm³/mol. The molecule has 3 heterocycles. The molecule has 136 valence electrons. The van der Waals surface area contributed by atoms with E-state index in [-0.39, 0.29) is 12.2 Å². The van der Waals surface area contributed by atoms with Crippen molar-refractivity contribution in [3.8, 4) is 5.75 Å². The number of methoxy groups -OCH3 is 1. The summed E-state index contributed by atoms with van der Waals surface area (Å²) in [5.74, 6) is 1.20. The lowest BCUT2D eigenvalue weighted by atomic mass is 10.2. The maximum atomic E-state index is 6.37. The van der Waals surface area contributed by atoms with E-state index in [9.17, 15) is 0 Å². The van der Waals surface area contributed by atoms with E-state index in [0.29, 0.717) is 33.4 Å². The van der Waals surface area contributed by atoms with Crippen LogP contribution in [0.5, 0.6) is 5.75 Å². The molecule has 1 unspecified atom stereocenters. The van der Waals surface area contributed by atoms with E-state index in [2.05, 4.69) is 20.3 Å². The molecule has 0 amide bonds. The molecule has 1 aliphatic rings. The first-order valence-corrected chi connectivity index (χ1v) is 8.76. The van der Waals surface area contributed by atoms with Crippen molar-refractivity contribution >= 4 is 40.2 Å². The summed E-state index contributed by atoms with van der Waals surface area (Å²) < 4.78 is 13.0. The molecule has 3 N–H and O–H groups in total. The van der Waals surface area contributed by atoms with Crippen LogP contribution in [0.2, 0.25) is 5.02 Å².